The molecule has 0 radical (unpaired) electrons. The predicted molar refractivity (Wildman–Crippen MR) is 66.9 cm³/mol. The molecule has 1 saturated carbocycles. The van der Waals surface area contributed by atoms with E-state index in [9.17, 15) is 0 Å². The van der Waals surface area contributed by atoms with Gasteiger partial charge in [0.25, 0.3) is 0 Å². The van der Waals surface area contributed by atoms with Crippen molar-refractivity contribution in [3.63, 3.8) is 0 Å². The molecule has 0 saturated heterocycles. The molecule has 0 heterocycles. The minimum absolute atomic E-state index is 0.279. The van der Waals surface area contributed by atoms with Crippen LogP contribution in [0.1, 0.15) is 47.0 Å². The molecule has 1 fully saturated rings. The topological polar surface area (TPSA) is 29.3 Å². The van der Waals surface area contributed by atoms with Gasteiger partial charge < -0.3 is 5.73 Å². The molecule has 3 unspecified atom stereocenters. The minimum atomic E-state index is 0.279. The van der Waals surface area contributed by atoms with Gasteiger partial charge in [0.05, 0.1) is 0 Å². The molecule has 90 valence electrons. The van der Waals surface area contributed by atoms with E-state index in [0.717, 1.165) is 31.5 Å². The third-order valence-corrected chi connectivity index (χ3v) is 4.72. The van der Waals surface area contributed by atoms with E-state index in [2.05, 4.69) is 32.6 Å². The summed E-state index contributed by atoms with van der Waals surface area (Å²) in [7, 11) is 0. The lowest BCUT2D eigenvalue weighted by molar-refractivity contribution is -0.00430. The predicted octanol–water partition coefficient (Wildman–Crippen LogP) is 2.48. The van der Waals surface area contributed by atoms with Crippen molar-refractivity contribution >= 4 is 0 Å². The van der Waals surface area contributed by atoms with Crippen LogP contribution in [0, 0.1) is 11.8 Å². The van der Waals surface area contributed by atoms with E-state index in [1.165, 1.54) is 19.3 Å². The first-order valence-corrected chi connectivity index (χ1v) is 6.57. The average Bonchev–Trinajstić information content (AvgIpc) is 2.26. The highest BCUT2D eigenvalue weighted by Crippen LogP contribution is 2.40. The summed E-state index contributed by atoms with van der Waals surface area (Å²) in [4.78, 5) is 2.59. The Morgan fingerprint density at radius 2 is 1.87 bits per heavy atom. The average molecular weight is 212 g/mol. The standard InChI is InChI=1S/C13H28N2/c1-5-15(6-2)13(10-14)9-7-8-11(3)12(13)4/h11-12H,5-10,14H2,1-4H3. The molecule has 0 aromatic carbocycles. The smallest absolute Gasteiger partial charge is 0.0359 e. The molecule has 0 amide bonds. The van der Waals surface area contributed by atoms with Crippen molar-refractivity contribution in [2.45, 2.75) is 52.5 Å². The molecule has 1 aliphatic rings. The van der Waals surface area contributed by atoms with Gasteiger partial charge in [-0.1, -0.05) is 40.5 Å². The number of hydrogen-bond donors (Lipinski definition) is 1. The number of hydrogen-bond acceptors (Lipinski definition) is 2. The number of likely N-dealkylation sites (N-methyl/N-ethyl adjacent to an activating group) is 1. The molecular formula is C13H28N2. The van der Waals surface area contributed by atoms with Gasteiger partial charge >= 0.3 is 0 Å². The Balaban J connectivity index is 2.89. The van der Waals surface area contributed by atoms with Gasteiger partial charge in [-0.3, -0.25) is 4.90 Å². The summed E-state index contributed by atoms with van der Waals surface area (Å²) in [5.41, 5.74) is 6.38. The summed E-state index contributed by atoms with van der Waals surface area (Å²) in [6.07, 6.45) is 4.01. The summed E-state index contributed by atoms with van der Waals surface area (Å²) in [6.45, 7) is 12.4. The summed E-state index contributed by atoms with van der Waals surface area (Å²) >= 11 is 0. The van der Waals surface area contributed by atoms with E-state index < -0.39 is 0 Å². The third kappa shape index (κ3) is 2.21. The lowest BCUT2D eigenvalue weighted by atomic mass is 9.67. The van der Waals surface area contributed by atoms with Gasteiger partial charge in [0.1, 0.15) is 0 Å². The summed E-state index contributed by atoms with van der Waals surface area (Å²) in [5, 5.41) is 0. The Labute approximate surface area is 95.2 Å². The molecule has 0 aromatic heterocycles. The van der Waals surface area contributed by atoms with Gasteiger partial charge in [-0.25, -0.2) is 0 Å². The molecule has 1 rings (SSSR count). The molecule has 2 nitrogen and oxygen atoms in total. The molecule has 2 N–H and O–H groups in total. The monoisotopic (exact) mass is 212 g/mol. The van der Waals surface area contributed by atoms with Crippen LogP contribution >= 0.6 is 0 Å². The Kier molecular flexibility index (Phi) is 4.60. The van der Waals surface area contributed by atoms with Crippen molar-refractivity contribution in [3.8, 4) is 0 Å². The van der Waals surface area contributed by atoms with Crippen LogP contribution in [0.2, 0.25) is 0 Å². The quantitative estimate of drug-likeness (QED) is 0.776. The van der Waals surface area contributed by atoms with Crippen molar-refractivity contribution in [2.75, 3.05) is 19.6 Å². The van der Waals surface area contributed by atoms with Crippen LogP contribution in [0.5, 0.6) is 0 Å². The highest BCUT2D eigenvalue weighted by Gasteiger charge is 2.43. The lowest BCUT2D eigenvalue weighted by Gasteiger charge is -2.52. The van der Waals surface area contributed by atoms with Crippen molar-refractivity contribution in [3.05, 3.63) is 0 Å². The summed E-state index contributed by atoms with van der Waals surface area (Å²) < 4.78 is 0. The molecule has 3 atom stereocenters. The van der Waals surface area contributed by atoms with E-state index in [-0.39, 0.29) is 5.54 Å². The fraction of sp³-hybridized carbons (Fsp3) is 1.00. The molecule has 0 aromatic rings. The van der Waals surface area contributed by atoms with Gasteiger partial charge in [0.15, 0.2) is 0 Å². The largest absolute Gasteiger partial charge is 0.329 e. The summed E-state index contributed by atoms with van der Waals surface area (Å²) in [5.74, 6) is 1.55. The van der Waals surface area contributed by atoms with Crippen LogP contribution in [-0.4, -0.2) is 30.1 Å². The van der Waals surface area contributed by atoms with E-state index >= 15 is 0 Å². The molecule has 1 aliphatic carbocycles. The Morgan fingerprint density at radius 1 is 1.27 bits per heavy atom. The zero-order valence-electron chi connectivity index (χ0n) is 10.9. The third-order valence-electron chi connectivity index (χ3n) is 4.72. The van der Waals surface area contributed by atoms with Crippen LogP contribution < -0.4 is 5.73 Å². The first kappa shape index (κ1) is 13.0. The maximum atomic E-state index is 6.10. The van der Waals surface area contributed by atoms with Gasteiger partial charge in [0.2, 0.25) is 0 Å². The molecule has 0 aliphatic heterocycles. The second kappa shape index (κ2) is 5.31. The van der Waals surface area contributed by atoms with Crippen molar-refractivity contribution in [2.24, 2.45) is 17.6 Å². The second-order valence-electron chi connectivity index (χ2n) is 5.14. The molecule has 15 heavy (non-hydrogen) atoms. The first-order valence-electron chi connectivity index (χ1n) is 6.57. The Bertz CT molecular complexity index is 185. The molecule has 2 heteroatoms. The van der Waals surface area contributed by atoms with Crippen LogP contribution in [-0.2, 0) is 0 Å². The van der Waals surface area contributed by atoms with Gasteiger partial charge in [-0.15, -0.1) is 0 Å². The van der Waals surface area contributed by atoms with Crippen LogP contribution in [0.4, 0.5) is 0 Å². The molecular weight excluding hydrogens is 184 g/mol. The van der Waals surface area contributed by atoms with E-state index in [1.807, 2.05) is 0 Å². The van der Waals surface area contributed by atoms with Gasteiger partial charge in [-0.2, -0.15) is 0 Å². The van der Waals surface area contributed by atoms with Crippen LogP contribution in [0.25, 0.3) is 0 Å². The molecule has 0 bridgehead atoms. The minimum Gasteiger partial charge on any atom is -0.329 e. The zero-order valence-corrected chi connectivity index (χ0v) is 10.9. The molecule has 0 spiro atoms. The Hall–Kier alpha value is -0.0800. The van der Waals surface area contributed by atoms with Crippen molar-refractivity contribution in [1.82, 2.24) is 4.90 Å². The highest BCUT2D eigenvalue weighted by molar-refractivity contribution is 4.99. The van der Waals surface area contributed by atoms with E-state index in [0.29, 0.717) is 0 Å². The van der Waals surface area contributed by atoms with E-state index in [4.69, 9.17) is 5.73 Å². The van der Waals surface area contributed by atoms with Crippen molar-refractivity contribution in [1.29, 1.82) is 0 Å². The normalized spacial score (nSPS) is 37.2. The highest BCUT2D eigenvalue weighted by atomic mass is 15.2. The summed E-state index contributed by atoms with van der Waals surface area (Å²) in [6, 6.07) is 0. The van der Waals surface area contributed by atoms with E-state index in [1.54, 1.807) is 0 Å². The zero-order chi connectivity index (χ0) is 11.5. The number of nitrogens with two attached hydrogens (primary N) is 1. The number of rotatable bonds is 4. The van der Waals surface area contributed by atoms with Gasteiger partial charge in [0, 0.05) is 12.1 Å². The first-order chi connectivity index (χ1) is 7.12. The fourth-order valence-corrected chi connectivity index (χ4v) is 3.45. The van der Waals surface area contributed by atoms with Crippen LogP contribution in [0.15, 0.2) is 0 Å². The maximum Gasteiger partial charge on any atom is 0.0359 e. The van der Waals surface area contributed by atoms with Gasteiger partial charge in [-0.05, 0) is 31.3 Å². The number of nitrogens with zero attached hydrogens (tertiary/aromatic N) is 1. The Morgan fingerprint density at radius 3 is 2.33 bits per heavy atom. The van der Waals surface area contributed by atoms with Crippen molar-refractivity contribution < 1.29 is 0 Å². The van der Waals surface area contributed by atoms with Crippen LogP contribution in [0.3, 0.4) is 0 Å². The maximum absolute atomic E-state index is 6.10. The fourth-order valence-electron chi connectivity index (χ4n) is 3.45. The second-order valence-corrected chi connectivity index (χ2v) is 5.14. The SMILES string of the molecule is CCN(CC)C1(CN)CCCC(C)C1C. The lowest BCUT2D eigenvalue weighted by Crippen LogP contribution is -2.60.